The maximum atomic E-state index is 13.2. The van der Waals surface area contributed by atoms with Crippen molar-refractivity contribution in [2.75, 3.05) is 18.7 Å². The molecule has 1 aromatic carbocycles. The van der Waals surface area contributed by atoms with Gasteiger partial charge in [0.2, 0.25) is 11.5 Å². The van der Waals surface area contributed by atoms with Gasteiger partial charge < -0.3 is 35.5 Å². The number of nitrogens with zero attached hydrogens (tertiary/aromatic N) is 4. The maximum Gasteiger partial charge on any atom is 0.313 e. The lowest BCUT2D eigenvalue weighted by Gasteiger charge is -2.25. The number of rotatable bonds is 9. The van der Waals surface area contributed by atoms with Gasteiger partial charge in [-0.3, -0.25) is 9.59 Å². The Morgan fingerprint density at radius 3 is 2.63 bits per heavy atom. The molecule has 14 heteroatoms. The Labute approximate surface area is 234 Å². The number of hydrogen-bond acceptors (Lipinski definition) is 11. The fourth-order valence-corrected chi connectivity index (χ4v) is 4.38. The van der Waals surface area contributed by atoms with E-state index in [1.54, 1.807) is 20.8 Å². The molecule has 3 aromatic rings. The summed E-state index contributed by atoms with van der Waals surface area (Å²) >= 11 is 0. The van der Waals surface area contributed by atoms with Gasteiger partial charge in [-0.05, 0) is 57.0 Å². The second-order valence-electron chi connectivity index (χ2n) is 10.6. The van der Waals surface area contributed by atoms with Gasteiger partial charge in [0.25, 0.3) is 0 Å². The van der Waals surface area contributed by atoms with Crippen LogP contribution < -0.4 is 11.1 Å². The zero-order valence-corrected chi connectivity index (χ0v) is 22.7. The fourth-order valence-electron chi connectivity index (χ4n) is 4.38. The van der Waals surface area contributed by atoms with E-state index in [0.29, 0.717) is 5.56 Å². The number of ether oxygens (including phenoxy) is 3. The minimum absolute atomic E-state index is 0.0759. The van der Waals surface area contributed by atoms with Crippen LogP contribution in [-0.4, -0.2) is 74.4 Å². The summed E-state index contributed by atoms with van der Waals surface area (Å²) in [4.78, 5) is 29.0. The van der Waals surface area contributed by atoms with Crippen LogP contribution in [0.5, 0.6) is 0 Å². The molecule has 13 nitrogen and oxygen atoms in total. The topological polar surface area (TPSA) is 194 Å². The number of aliphatic hydroxyl groups excluding tert-OH is 2. The number of nitrogens with two attached hydrogens (primary N) is 1. The van der Waals surface area contributed by atoms with Gasteiger partial charge >= 0.3 is 5.97 Å². The van der Waals surface area contributed by atoms with E-state index in [4.69, 9.17) is 19.9 Å². The molecule has 5 N–H and O–H groups in total. The summed E-state index contributed by atoms with van der Waals surface area (Å²) in [6.45, 7) is 3.84. The second-order valence-corrected chi connectivity index (χ2v) is 10.6. The van der Waals surface area contributed by atoms with Gasteiger partial charge in [0.05, 0.1) is 23.8 Å². The number of aromatic nitrogens is 3. The summed E-state index contributed by atoms with van der Waals surface area (Å²) in [5, 5.41) is 38.1. The SMILES string of the molecule is CC(C)(C)C(=O)OCO[C@H]1[C@@H](O)[C@](C#N)(c2ccc3c(NC(=O)[C@@H](N)Cc4ccc(F)cc4)ncnn23)O[C@@H]1CO. The van der Waals surface area contributed by atoms with Crippen molar-refractivity contribution in [3.8, 4) is 6.07 Å². The standard InChI is InChI=1S/C27H31FN6O7/c1-26(2,3)25(38)40-14-39-21-19(11-35)41-27(12-29,22(21)36)20-9-8-18-23(31-13-32-34(18)20)33-24(37)17(30)10-15-4-6-16(28)7-5-15/h4-9,13,17,19,21-22,35-36H,10-11,14,30H2,1-3H3,(H,31,32,33,37)/t17-,19+,21+,22+,27-/m0/s1. The Balaban J connectivity index is 1.55. The fraction of sp³-hybridized carbons (Fsp3) is 0.444. The number of aliphatic hydroxyl groups is 2. The zero-order chi connectivity index (χ0) is 29.9. The monoisotopic (exact) mass is 570 g/mol. The lowest BCUT2D eigenvalue weighted by Crippen LogP contribution is -2.42. The predicted octanol–water partition coefficient (Wildman–Crippen LogP) is 0.780. The smallest absolute Gasteiger partial charge is 0.313 e. The van der Waals surface area contributed by atoms with Crippen molar-refractivity contribution < 1.29 is 38.4 Å². The van der Waals surface area contributed by atoms with Gasteiger partial charge in [0.1, 0.15) is 42.0 Å². The highest BCUT2D eigenvalue weighted by molar-refractivity contribution is 5.97. The van der Waals surface area contributed by atoms with Crippen LogP contribution in [0.3, 0.4) is 0 Å². The number of hydrogen-bond donors (Lipinski definition) is 4. The molecule has 218 valence electrons. The van der Waals surface area contributed by atoms with Crippen LogP contribution in [0.1, 0.15) is 32.0 Å². The van der Waals surface area contributed by atoms with E-state index < -0.39 is 66.5 Å². The number of halogens is 1. The van der Waals surface area contributed by atoms with Crippen LogP contribution in [-0.2, 0) is 35.8 Å². The number of anilines is 1. The number of carbonyl (C=O) groups is 2. The molecule has 5 atom stereocenters. The molecule has 0 saturated carbocycles. The minimum Gasteiger partial charge on any atom is -0.438 e. The molecule has 41 heavy (non-hydrogen) atoms. The van der Waals surface area contributed by atoms with E-state index in [9.17, 15) is 29.5 Å². The average Bonchev–Trinajstić information content (AvgIpc) is 3.49. The van der Waals surface area contributed by atoms with Gasteiger partial charge in [-0.2, -0.15) is 10.4 Å². The highest BCUT2D eigenvalue weighted by atomic mass is 19.1. The summed E-state index contributed by atoms with van der Waals surface area (Å²) in [5.74, 6) is -1.44. The van der Waals surface area contributed by atoms with Crippen molar-refractivity contribution in [2.24, 2.45) is 11.1 Å². The van der Waals surface area contributed by atoms with Gasteiger partial charge in [-0.15, -0.1) is 0 Å². The van der Waals surface area contributed by atoms with Gasteiger partial charge in [0.15, 0.2) is 12.6 Å². The first kappa shape index (κ1) is 30.0. The van der Waals surface area contributed by atoms with Crippen molar-refractivity contribution in [1.29, 1.82) is 5.26 Å². The van der Waals surface area contributed by atoms with Crippen LogP contribution in [0.2, 0.25) is 0 Å². The molecule has 0 unspecified atom stereocenters. The molecule has 1 aliphatic rings. The molecule has 1 saturated heterocycles. The first-order valence-corrected chi connectivity index (χ1v) is 12.7. The summed E-state index contributed by atoms with van der Waals surface area (Å²) in [6.07, 6.45) is -2.73. The lowest BCUT2D eigenvalue weighted by molar-refractivity contribution is -0.177. The van der Waals surface area contributed by atoms with E-state index in [0.717, 1.165) is 6.33 Å². The summed E-state index contributed by atoms with van der Waals surface area (Å²) < 4.78 is 30.9. The Bertz CT molecular complexity index is 1450. The first-order chi connectivity index (χ1) is 19.4. The molecule has 0 radical (unpaired) electrons. The van der Waals surface area contributed by atoms with Crippen molar-refractivity contribution in [1.82, 2.24) is 14.6 Å². The van der Waals surface area contributed by atoms with Gasteiger partial charge in [-0.25, -0.2) is 13.9 Å². The van der Waals surface area contributed by atoms with Crippen molar-refractivity contribution in [3.63, 3.8) is 0 Å². The predicted molar refractivity (Wildman–Crippen MR) is 140 cm³/mol. The number of nitriles is 1. The largest absolute Gasteiger partial charge is 0.438 e. The van der Waals surface area contributed by atoms with E-state index in [-0.39, 0.29) is 23.4 Å². The van der Waals surface area contributed by atoms with Gasteiger partial charge in [0, 0.05) is 0 Å². The van der Waals surface area contributed by atoms with Crippen LogP contribution in [0.25, 0.3) is 5.52 Å². The molecule has 4 rings (SSSR count). The van der Waals surface area contributed by atoms with Crippen LogP contribution in [0.4, 0.5) is 10.2 Å². The molecule has 1 aliphatic heterocycles. The first-order valence-electron chi connectivity index (χ1n) is 12.7. The van der Waals surface area contributed by atoms with Crippen LogP contribution >= 0.6 is 0 Å². The Morgan fingerprint density at radius 2 is 2.00 bits per heavy atom. The molecular weight excluding hydrogens is 539 g/mol. The Morgan fingerprint density at radius 1 is 1.29 bits per heavy atom. The molecule has 0 spiro atoms. The lowest BCUT2D eigenvalue weighted by atomic mass is 9.92. The van der Waals surface area contributed by atoms with Crippen molar-refractivity contribution in [2.45, 2.75) is 57.1 Å². The number of benzene rings is 1. The maximum absolute atomic E-state index is 13.2. The number of carbonyl (C=O) groups excluding carboxylic acids is 2. The number of amides is 1. The quantitative estimate of drug-likeness (QED) is 0.210. The highest BCUT2D eigenvalue weighted by Crippen LogP contribution is 2.41. The second kappa shape index (κ2) is 11.9. The number of fused-ring (bicyclic) bond motifs is 1. The summed E-state index contributed by atoms with van der Waals surface area (Å²) in [7, 11) is 0. The van der Waals surface area contributed by atoms with Crippen molar-refractivity contribution >= 4 is 23.2 Å². The van der Waals surface area contributed by atoms with E-state index in [2.05, 4.69) is 15.4 Å². The zero-order valence-electron chi connectivity index (χ0n) is 22.7. The normalized spacial score (nSPS) is 23.2. The molecule has 1 amide bonds. The minimum atomic E-state index is -2.05. The molecular formula is C27H31FN6O7. The molecule has 1 fully saturated rings. The Kier molecular flexibility index (Phi) is 8.66. The number of nitrogens with one attached hydrogen (secondary N) is 1. The summed E-state index contributed by atoms with van der Waals surface area (Å²) in [5.41, 5.74) is 4.22. The molecule has 0 bridgehead atoms. The van der Waals surface area contributed by atoms with Gasteiger partial charge in [-0.1, -0.05) is 12.1 Å². The van der Waals surface area contributed by atoms with Crippen LogP contribution in [0, 0.1) is 22.6 Å². The third-order valence-corrected chi connectivity index (χ3v) is 6.62. The number of esters is 1. The van der Waals surface area contributed by atoms with E-state index in [1.165, 1.54) is 40.9 Å². The third-order valence-electron chi connectivity index (χ3n) is 6.62. The molecule has 3 heterocycles. The molecule has 0 aliphatic carbocycles. The average molecular weight is 571 g/mol. The van der Waals surface area contributed by atoms with E-state index in [1.807, 2.05) is 6.07 Å². The van der Waals surface area contributed by atoms with E-state index >= 15 is 0 Å². The Hall–Kier alpha value is -4.00. The third kappa shape index (κ3) is 6.04. The molecule has 2 aromatic heterocycles. The van der Waals surface area contributed by atoms with Crippen LogP contribution in [0.15, 0.2) is 42.7 Å². The summed E-state index contributed by atoms with van der Waals surface area (Å²) in [6, 6.07) is 9.57. The highest BCUT2D eigenvalue weighted by Gasteiger charge is 2.58. The van der Waals surface area contributed by atoms with Crippen molar-refractivity contribution in [3.05, 3.63) is 59.8 Å².